The Balaban J connectivity index is 2.40. The molecule has 0 saturated heterocycles. The van der Waals surface area contributed by atoms with Crippen molar-refractivity contribution in [2.45, 2.75) is 0 Å². The molecule has 3 nitrogen and oxygen atoms in total. The summed E-state index contributed by atoms with van der Waals surface area (Å²) in [5.41, 5.74) is 0. The van der Waals surface area contributed by atoms with Crippen molar-refractivity contribution < 1.29 is 0 Å². The Bertz CT molecular complexity index is 235. The molecule has 0 amide bonds. The molecule has 3 heteroatoms. The van der Waals surface area contributed by atoms with Crippen molar-refractivity contribution in [3.8, 4) is 0 Å². The van der Waals surface area contributed by atoms with E-state index in [1.54, 1.807) is 6.34 Å². The van der Waals surface area contributed by atoms with Gasteiger partial charge in [0.2, 0.25) is 0 Å². The van der Waals surface area contributed by atoms with Gasteiger partial charge in [0.05, 0.1) is 11.3 Å². The van der Waals surface area contributed by atoms with Gasteiger partial charge in [0.1, 0.15) is 0 Å². The molecule has 0 unspecified atom stereocenters. The highest BCUT2D eigenvalue weighted by Gasteiger charge is 2.19. The largest absolute Gasteiger partial charge is 0.321 e. The van der Waals surface area contributed by atoms with Crippen LogP contribution in [0.4, 0.5) is 0 Å². The van der Waals surface area contributed by atoms with E-state index in [4.69, 9.17) is 0 Å². The molecule has 0 atom stereocenters. The SMILES string of the molecule is C1=CC2=N[N+]=CN2C=C1. The van der Waals surface area contributed by atoms with Crippen LogP contribution >= 0.6 is 0 Å². The molecule has 1 radical (unpaired) electrons. The zero-order chi connectivity index (χ0) is 6.10. The number of hydrogen-bond donors (Lipinski definition) is 0. The summed E-state index contributed by atoms with van der Waals surface area (Å²) in [5.74, 6) is 0.887. The molecule has 0 aliphatic carbocycles. The zero-order valence-electron chi connectivity index (χ0n) is 4.73. The van der Waals surface area contributed by atoms with E-state index in [-0.39, 0.29) is 0 Å². The molecule has 2 heterocycles. The number of fused-ring (bicyclic) bond motifs is 1. The molecule has 2 aliphatic heterocycles. The van der Waals surface area contributed by atoms with Crippen molar-refractivity contribution in [3.05, 3.63) is 24.4 Å². The molecule has 0 fully saturated rings. The smallest absolute Gasteiger partial charge is 0.181 e. The Morgan fingerprint density at radius 1 is 1.44 bits per heavy atom. The monoisotopic (exact) mass is 119 g/mol. The average Bonchev–Trinajstić information content (AvgIpc) is 2.33. The van der Waals surface area contributed by atoms with E-state index in [2.05, 4.69) is 10.2 Å². The van der Waals surface area contributed by atoms with Crippen molar-refractivity contribution in [3.63, 3.8) is 0 Å². The first-order chi connectivity index (χ1) is 4.47. The minimum atomic E-state index is 0.887. The van der Waals surface area contributed by atoms with E-state index >= 15 is 0 Å². The van der Waals surface area contributed by atoms with Gasteiger partial charge in [-0.1, -0.05) is 6.08 Å². The fourth-order valence-corrected chi connectivity index (χ4v) is 0.770. The molecular weight excluding hydrogens is 114 g/mol. The maximum Gasteiger partial charge on any atom is 0.321 e. The predicted molar refractivity (Wildman–Crippen MR) is 35.8 cm³/mol. The Morgan fingerprint density at radius 2 is 2.44 bits per heavy atom. The molecule has 0 aromatic heterocycles. The Kier molecular flexibility index (Phi) is 0.773. The second kappa shape index (κ2) is 1.55. The van der Waals surface area contributed by atoms with Crippen LogP contribution in [0.25, 0.3) is 0 Å². The van der Waals surface area contributed by atoms with Crippen LogP contribution < -0.4 is 5.10 Å². The topological polar surface area (TPSA) is 29.7 Å². The molecule has 0 aromatic rings. The molecule has 2 rings (SSSR count). The first kappa shape index (κ1) is 4.49. The summed E-state index contributed by atoms with van der Waals surface area (Å²) < 4.78 is 0. The van der Waals surface area contributed by atoms with Gasteiger partial charge in [-0.25, -0.2) is 0 Å². The van der Waals surface area contributed by atoms with Crippen LogP contribution in [0.5, 0.6) is 0 Å². The van der Waals surface area contributed by atoms with E-state index in [1.165, 1.54) is 0 Å². The molecule has 0 aromatic carbocycles. The van der Waals surface area contributed by atoms with Crippen molar-refractivity contribution in [1.82, 2.24) is 10.0 Å². The third kappa shape index (κ3) is 0.579. The van der Waals surface area contributed by atoms with Gasteiger partial charge < -0.3 is 0 Å². The molecular formula is C6H5N3+. The summed E-state index contributed by atoms with van der Waals surface area (Å²) in [6.07, 6.45) is 9.37. The quantitative estimate of drug-likeness (QED) is 0.443. The van der Waals surface area contributed by atoms with E-state index in [1.807, 2.05) is 29.3 Å². The second-order valence-electron chi connectivity index (χ2n) is 1.80. The molecule has 2 aliphatic rings. The van der Waals surface area contributed by atoms with Gasteiger partial charge in [-0.05, 0) is 6.08 Å². The van der Waals surface area contributed by atoms with E-state index < -0.39 is 0 Å². The first-order valence-electron chi connectivity index (χ1n) is 2.71. The third-order valence-electron chi connectivity index (χ3n) is 1.20. The number of rotatable bonds is 0. The number of amidine groups is 1. The van der Waals surface area contributed by atoms with Crippen LogP contribution in [0.3, 0.4) is 0 Å². The van der Waals surface area contributed by atoms with Crippen LogP contribution in [0.15, 0.2) is 29.5 Å². The lowest BCUT2D eigenvalue weighted by Gasteiger charge is -1.99. The van der Waals surface area contributed by atoms with Crippen LogP contribution in [-0.2, 0) is 0 Å². The van der Waals surface area contributed by atoms with Gasteiger partial charge in [0.15, 0.2) is 0 Å². The van der Waals surface area contributed by atoms with E-state index in [0.29, 0.717) is 0 Å². The van der Waals surface area contributed by atoms with Crippen molar-refractivity contribution in [2.75, 3.05) is 0 Å². The van der Waals surface area contributed by atoms with E-state index in [0.717, 1.165) is 5.84 Å². The fraction of sp³-hybridized carbons (Fsp3) is 0. The summed E-state index contributed by atoms with van der Waals surface area (Å²) in [5, 5.41) is 7.55. The fourth-order valence-electron chi connectivity index (χ4n) is 0.770. The van der Waals surface area contributed by atoms with Crippen LogP contribution in [0.2, 0.25) is 0 Å². The normalized spacial score (nSPS) is 20.4. The van der Waals surface area contributed by atoms with Crippen LogP contribution in [0.1, 0.15) is 0 Å². The van der Waals surface area contributed by atoms with Gasteiger partial charge in [-0.3, -0.25) is 0 Å². The molecule has 0 saturated carbocycles. The Labute approximate surface area is 52.7 Å². The van der Waals surface area contributed by atoms with Crippen molar-refractivity contribution in [2.24, 2.45) is 5.10 Å². The molecule has 9 heavy (non-hydrogen) atoms. The van der Waals surface area contributed by atoms with Gasteiger partial charge in [-0.2, -0.15) is 4.90 Å². The summed E-state index contributed by atoms with van der Waals surface area (Å²) in [6, 6.07) is 0. The maximum atomic E-state index is 3.83. The van der Waals surface area contributed by atoms with Gasteiger partial charge in [-0.15, -0.1) is 0 Å². The van der Waals surface area contributed by atoms with Crippen LogP contribution in [-0.4, -0.2) is 17.1 Å². The highest BCUT2D eigenvalue weighted by molar-refractivity contribution is 6.03. The standard InChI is InChI=1S/C6H5N3/c1-2-4-9-5-7-8-6(9)3-1/h1-5H/q+1. The minimum absolute atomic E-state index is 0.887. The average molecular weight is 119 g/mol. The minimum Gasteiger partial charge on any atom is -0.181 e. The molecule has 0 N–H and O–H groups in total. The lowest BCUT2D eigenvalue weighted by Crippen LogP contribution is -2.19. The van der Waals surface area contributed by atoms with Crippen LogP contribution in [0, 0.1) is 0 Å². The summed E-state index contributed by atoms with van der Waals surface area (Å²) in [4.78, 5) is 1.86. The molecule has 0 spiro atoms. The highest BCUT2D eigenvalue weighted by atomic mass is 15.4. The predicted octanol–water partition coefficient (Wildman–Crippen LogP) is 0.0631. The van der Waals surface area contributed by atoms with Crippen molar-refractivity contribution in [1.29, 1.82) is 0 Å². The number of hydrogen-bond acceptors (Lipinski definition) is 3. The summed E-state index contributed by atoms with van der Waals surface area (Å²) in [7, 11) is 0. The Hall–Kier alpha value is -1.38. The summed E-state index contributed by atoms with van der Waals surface area (Å²) in [6.45, 7) is 0. The van der Waals surface area contributed by atoms with Gasteiger partial charge >= 0.3 is 6.34 Å². The first-order valence-corrected chi connectivity index (χ1v) is 2.71. The Morgan fingerprint density at radius 3 is 3.33 bits per heavy atom. The van der Waals surface area contributed by atoms with Gasteiger partial charge in [0.25, 0.3) is 5.84 Å². The highest BCUT2D eigenvalue weighted by Crippen LogP contribution is 2.01. The van der Waals surface area contributed by atoms with Gasteiger partial charge in [0, 0.05) is 11.2 Å². The lowest BCUT2D eigenvalue weighted by molar-refractivity contribution is 0.877. The molecule has 43 valence electrons. The lowest BCUT2D eigenvalue weighted by atomic mass is 10.3. The number of nitrogens with zero attached hydrogens (tertiary/aromatic N) is 3. The third-order valence-corrected chi connectivity index (χ3v) is 1.20. The zero-order valence-corrected chi connectivity index (χ0v) is 4.73. The summed E-state index contributed by atoms with van der Waals surface area (Å²) >= 11 is 0. The maximum absolute atomic E-state index is 3.83. The number of allylic oxidation sites excluding steroid dienone is 2. The molecule has 0 bridgehead atoms. The van der Waals surface area contributed by atoms with Crippen molar-refractivity contribution >= 4 is 12.2 Å². The van der Waals surface area contributed by atoms with E-state index in [9.17, 15) is 0 Å². The second-order valence-corrected chi connectivity index (χ2v) is 1.80.